The van der Waals surface area contributed by atoms with Crippen LogP contribution in [-0.4, -0.2) is 22.0 Å². The summed E-state index contributed by atoms with van der Waals surface area (Å²) < 4.78 is 10.8. The average Bonchev–Trinajstić information content (AvgIpc) is 2.84. The Kier molecular flexibility index (Phi) is 3.33. The van der Waals surface area contributed by atoms with Crippen molar-refractivity contribution in [3.8, 4) is 11.5 Å². The summed E-state index contributed by atoms with van der Waals surface area (Å²) in [6, 6.07) is 5.82. The van der Waals surface area contributed by atoms with Crippen LogP contribution in [0.2, 0.25) is 0 Å². The standard InChI is InChI=1S/C15H15BrClNO2/c1-8-10-7-13(15(2,16)17)20-14(10)11-6-9(19-3)4-5-12(11)18-8/h4-6,13H,7H2,1-3H3/t13-,15-/m1/s1. The van der Waals surface area contributed by atoms with Crippen molar-refractivity contribution in [2.45, 2.75) is 30.2 Å². The van der Waals surface area contributed by atoms with E-state index in [-0.39, 0.29) is 6.10 Å². The van der Waals surface area contributed by atoms with Crippen LogP contribution in [0, 0.1) is 6.92 Å². The minimum Gasteiger partial charge on any atom is -0.497 e. The van der Waals surface area contributed by atoms with Crippen molar-refractivity contribution >= 4 is 38.4 Å². The molecule has 1 aliphatic heterocycles. The van der Waals surface area contributed by atoms with Gasteiger partial charge in [-0.2, -0.15) is 0 Å². The van der Waals surface area contributed by atoms with Crippen LogP contribution in [0.1, 0.15) is 18.2 Å². The summed E-state index contributed by atoms with van der Waals surface area (Å²) in [5.41, 5.74) is 3.03. The van der Waals surface area contributed by atoms with E-state index in [2.05, 4.69) is 20.9 Å². The number of benzene rings is 1. The summed E-state index contributed by atoms with van der Waals surface area (Å²) in [4.78, 5) is 4.65. The van der Waals surface area contributed by atoms with E-state index in [4.69, 9.17) is 21.1 Å². The monoisotopic (exact) mass is 355 g/mol. The van der Waals surface area contributed by atoms with E-state index in [0.717, 1.165) is 40.1 Å². The van der Waals surface area contributed by atoms with E-state index in [0.29, 0.717) is 0 Å². The normalized spacial score (nSPS) is 20.4. The molecule has 2 heterocycles. The van der Waals surface area contributed by atoms with E-state index in [1.165, 1.54) is 0 Å². The van der Waals surface area contributed by atoms with Crippen LogP contribution in [0.5, 0.6) is 11.5 Å². The number of hydrogen-bond acceptors (Lipinski definition) is 3. The first-order chi connectivity index (χ1) is 9.40. The summed E-state index contributed by atoms with van der Waals surface area (Å²) in [5, 5.41) is 0.973. The summed E-state index contributed by atoms with van der Waals surface area (Å²) in [6.07, 6.45) is 0.642. The number of fused-ring (bicyclic) bond motifs is 3. The number of alkyl halides is 2. The van der Waals surface area contributed by atoms with Gasteiger partial charge in [0.15, 0.2) is 0 Å². The zero-order valence-electron chi connectivity index (χ0n) is 11.5. The van der Waals surface area contributed by atoms with Crippen LogP contribution in [0.3, 0.4) is 0 Å². The van der Waals surface area contributed by atoms with Gasteiger partial charge in [-0.05, 0) is 32.0 Å². The van der Waals surface area contributed by atoms with Crippen LogP contribution in [0.4, 0.5) is 0 Å². The van der Waals surface area contributed by atoms with Gasteiger partial charge in [0, 0.05) is 23.1 Å². The summed E-state index contributed by atoms with van der Waals surface area (Å²) >= 11 is 9.81. The molecule has 0 radical (unpaired) electrons. The number of aromatic nitrogens is 1. The van der Waals surface area contributed by atoms with E-state index in [9.17, 15) is 0 Å². The molecule has 1 aromatic carbocycles. The maximum Gasteiger partial charge on any atom is 0.134 e. The lowest BCUT2D eigenvalue weighted by atomic mass is 10.0. The fourth-order valence-electron chi connectivity index (χ4n) is 2.52. The molecule has 0 amide bonds. The molecule has 0 saturated carbocycles. The average molecular weight is 357 g/mol. The predicted molar refractivity (Wildman–Crippen MR) is 84.3 cm³/mol. The quantitative estimate of drug-likeness (QED) is 0.756. The van der Waals surface area contributed by atoms with Crippen molar-refractivity contribution in [3.63, 3.8) is 0 Å². The third-order valence-electron chi connectivity index (χ3n) is 3.66. The molecule has 0 unspecified atom stereocenters. The lowest BCUT2D eigenvalue weighted by molar-refractivity contribution is 0.225. The molecular weight excluding hydrogens is 342 g/mol. The van der Waals surface area contributed by atoms with E-state index in [1.54, 1.807) is 7.11 Å². The van der Waals surface area contributed by atoms with Crippen LogP contribution >= 0.6 is 27.5 Å². The molecular formula is C15H15BrClNO2. The number of rotatable bonds is 2. The van der Waals surface area contributed by atoms with Gasteiger partial charge in [-0.1, -0.05) is 15.9 Å². The SMILES string of the molecule is COc1ccc2nc(C)c3c(c2c1)O[C@@H]([C@@](C)(Cl)Br)C3. The zero-order valence-corrected chi connectivity index (χ0v) is 13.9. The highest BCUT2D eigenvalue weighted by molar-refractivity contribution is 9.10. The Hall–Kier alpha value is -1.000. The van der Waals surface area contributed by atoms with Gasteiger partial charge >= 0.3 is 0 Å². The first-order valence-electron chi connectivity index (χ1n) is 6.42. The highest BCUT2D eigenvalue weighted by Crippen LogP contribution is 2.43. The van der Waals surface area contributed by atoms with Gasteiger partial charge in [0.1, 0.15) is 21.4 Å². The molecule has 0 spiro atoms. The lowest BCUT2D eigenvalue weighted by Gasteiger charge is -2.21. The van der Waals surface area contributed by atoms with Gasteiger partial charge in [0.05, 0.1) is 12.6 Å². The topological polar surface area (TPSA) is 31.4 Å². The third-order valence-corrected chi connectivity index (χ3v) is 4.42. The van der Waals surface area contributed by atoms with E-state index >= 15 is 0 Å². The molecule has 5 heteroatoms. The van der Waals surface area contributed by atoms with E-state index in [1.807, 2.05) is 32.0 Å². The van der Waals surface area contributed by atoms with Gasteiger partial charge in [-0.15, -0.1) is 11.6 Å². The molecule has 20 heavy (non-hydrogen) atoms. The molecule has 1 aromatic heterocycles. The fraction of sp³-hybridized carbons (Fsp3) is 0.400. The minimum absolute atomic E-state index is 0.114. The van der Waals surface area contributed by atoms with Crippen LogP contribution in [-0.2, 0) is 6.42 Å². The second-order valence-electron chi connectivity index (χ2n) is 5.15. The molecule has 0 bridgehead atoms. The summed E-state index contributed by atoms with van der Waals surface area (Å²) in [6.45, 7) is 3.91. The third kappa shape index (κ3) is 2.25. The fourth-order valence-corrected chi connectivity index (χ4v) is 2.90. The number of nitrogens with zero attached hydrogens (tertiary/aromatic N) is 1. The molecule has 3 nitrogen and oxygen atoms in total. The Labute approximate surface area is 131 Å². The predicted octanol–water partition coefficient (Wildman–Crippen LogP) is 4.21. The maximum absolute atomic E-state index is 6.34. The van der Waals surface area contributed by atoms with Crippen molar-refractivity contribution in [2.75, 3.05) is 7.11 Å². The highest BCUT2D eigenvalue weighted by Gasteiger charge is 2.38. The molecule has 3 rings (SSSR count). The van der Waals surface area contributed by atoms with Gasteiger partial charge < -0.3 is 9.47 Å². The number of hydrogen-bond donors (Lipinski definition) is 0. The Morgan fingerprint density at radius 3 is 2.90 bits per heavy atom. The van der Waals surface area contributed by atoms with Crippen molar-refractivity contribution in [3.05, 3.63) is 29.5 Å². The lowest BCUT2D eigenvalue weighted by Crippen LogP contribution is -2.31. The second kappa shape index (κ2) is 4.78. The van der Waals surface area contributed by atoms with Crippen LogP contribution in [0.25, 0.3) is 10.9 Å². The molecule has 2 aromatic rings. The van der Waals surface area contributed by atoms with Gasteiger partial charge in [0.2, 0.25) is 0 Å². The van der Waals surface area contributed by atoms with Gasteiger partial charge in [-0.25, -0.2) is 0 Å². The Morgan fingerprint density at radius 1 is 1.50 bits per heavy atom. The Bertz CT molecular complexity index is 682. The number of pyridine rings is 1. The minimum atomic E-state index is -0.594. The van der Waals surface area contributed by atoms with Crippen LogP contribution < -0.4 is 9.47 Å². The first kappa shape index (κ1) is 14.0. The number of methoxy groups -OCH3 is 1. The van der Waals surface area contributed by atoms with Gasteiger partial charge in [-0.3, -0.25) is 4.98 Å². The number of ether oxygens (including phenoxy) is 2. The Morgan fingerprint density at radius 2 is 2.25 bits per heavy atom. The largest absolute Gasteiger partial charge is 0.497 e. The maximum atomic E-state index is 6.34. The molecule has 106 valence electrons. The molecule has 0 fully saturated rings. The second-order valence-corrected chi connectivity index (χ2v) is 8.04. The number of halogens is 2. The summed E-state index contributed by atoms with van der Waals surface area (Å²) in [5.74, 6) is 1.67. The molecule has 0 N–H and O–H groups in total. The van der Waals surface area contributed by atoms with E-state index < -0.39 is 3.78 Å². The Balaban J connectivity index is 2.18. The van der Waals surface area contributed by atoms with Crippen LogP contribution in [0.15, 0.2) is 18.2 Å². The highest BCUT2D eigenvalue weighted by atomic mass is 79.9. The molecule has 0 aliphatic carbocycles. The van der Waals surface area contributed by atoms with Crippen molar-refractivity contribution in [2.24, 2.45) is 0 Å². The zero-order chi connectivity index (χ0) is 14.5. The number of aryl methyl sites for hydroxylation is 1. The smallest absolute Gasteiger partial charge is 0.134 e. The summed E-state index contributed by atoms with van der Waals surface area (Å²) in [7, 11) is 1.65. The van der Waals surface area contributed by atoms with Gasteiger partial charge in [0.25, 0.3) is 0 Å². The van der Waals surface area contributed by atoms with Crippen molar-refractivity contribution < 1.29 is 9.47 Å². The molecule has 0 saturated heterocycles. The van der Waals surface area contributed by atoms with Crippen molar-refractivity contribution in [1.82, 2.24) is 4.98 Å². The van der Waals surface area contributed by atoms with Crippen molar-refractivity contribution in [1.29, 1.82) is 0 Å². The molecule has 1 aliphatic rings. The molecule has 2 atom stereocenters. The first-order valence-corrected chi connectivity index (χ1v) is 7.59.